The molecule has 1 unspecified atom stereocenters. The molecule has 156 valence electrons. The number of nitrogens with one attached hydrogen (secondary N) is 1. The summed E-state index contributed by atoms with van der Waals surface area (Å²) >= 11 is 0. The minimum atomic E-state index is -0.0199. The predicted octanol–water partition coefficient (Wildman–Crippen LogP) is 4.60. The van der Waals surface area contributed by atoms with Gasteiger partial charge in [0.1, 0.15) is 17.4 Å². The second-order valence-electron chi connectivity index (χ2n) is 8.41. The molecule has 2 aliphatic rings. The molecule has 1 amide bonds. The predicted molar refractivity (Wildman–Crippen MR) is 118 cm³/mol. The van der Waals surface area contributed by atoms with Crippen molar-refractivity contribution < 1.29 is 9.21 Å². The molecule has 1 aromatic carbocycles. The standard InChI is InChI=1S/C24H28N4O2/c29-24(25-13-12-17-7-2-1-3-8-17)18-9-6-14-28(15-18)23-22-21(26-16-27-23)19-10-4-5-11-20(19)30-22/h4-5,7,10-11,16,18H,1-3,6,8-9,12-15H2,(H,25,29). The summed E-state index contributed by atoms with van der Waals surface area (Å²) in [6, 6.07) is 7.92. The van der Waals surface area contributed by atoms with Gasteiger partial charge in [-0.3, -0.25) is 4.79 Å². The number of nitrogens with zero attached hydrogens (tertiary/aromatic N) is 3. The quantitative estimate of drug-likeness (QED) is 0.629. The van der Waals surface area contributed by atoms with Crippen LogP contribution in [0.1, 0.15) is 44.9 Å². The summed E-state index contributed by atoms with van der Waals surface area (Å²) in [4.78, 5) is 24.0. The molecule has 0 saturated carbocycles. The van der Waals surface area contributed by atoms with Crippen LogP contribution < -0.4 is 10.2 Å². The van der Waals surface area contributed by atoms with Crippen LogP contribution in [0.3, 0.4) is 0 Å². The zero-order valence-electron chi connectivity index (χ0n) is 17.3. The zero-order valence-corrected chi connectivity index (χ0v) is 17.3. The topological polar surface area (TPSA) is 71.3 Å². The Morgan fingerprint density at radius 3 is 3.03 bits per heavy atom. The Labute approximate surface area is 176 Å². The zero-order chi connectivity index (χ0) is 20.3. The molecule has 6 heteroatoms. The number of piperidine rings is 1. The van der Waals surface area contributed by atoms with Gasteiger partial charge in [0.25, 0.3) is 0 Å². The van der Waals surface area contributed by atoms with Crippen LogP contribution >= 0.6 is 0 Å². The van der Waals surface area contributed by atoms with E-state index in [9.17, 15) is 4.79 Å². The Kier molecular flexibility index (Phi) is 5.39. The molecule has 0 radical (unpaired) electrons. The van der Waals surface area contributed by atoms with E-state index in [4.69, 9.17) is 4.42 Å². The number of rotatable bonds is 5. The largest absolute Gasteiger partial charge is 0.450 e. The summed E-state index contributed by atoms with van der Waals surface area (Å²) in [5.41, 5.74) is 3.87. The first-order valence-electron chi connectivity index (χ1n) is 11.1. The number of benzene rings is 1. The lowest BCUT2D eigenvalue weighted by atomic mass is 9.96. The maximum absolute atomic E-state index is 12.8. The van der Waals surface area contributed by atoms with E-state index in [1.165, 1.54) is 31.3 Å². The van der Waals surface area contributed by atoms with Crippen molar-refractivity contribution in [3.63, 3.8) is 0 Å². The van der Waals surface area contributed by atoms with Gasteiger partial charge < -0.3 is 14.6 Å². The number of amides is 1. The van der Waals surface area contributed by atoms with Crippen molar-refractivity contribution in [1.82, 2.24) is 15.3 Å². The molecule has 1 aliphatic carbocycles. The van der Waals surface area contributed by atoms with Crippen LogP contribution in [0.2, 0.25) is 0 Å². The lowest BCUT2D eigenvalue weighted by molar-refractivity contribution is -0.125. The average molecular weight is 405 g/mol. The minimum Gasteiger partial charge on any atom is -0.450 e. The number of carbonyl (C=O) groups excluding carboxylic acids is 1. The summed E-state index contributed by atoms with van der Waals surface area (Å²) in [6.07, 6.45) is 11.8. The highest BCUT2D eigenvalue weighted by molar-refractivity contribution is 6.05. The Hall–Kier alpha value is -2.89. The number of furan rings is 1. The van der Waals surface area contributed by atoms with Gasteiger partial charge in [-0.15, -0.1) is 0 Å². The van der Waals surface area contributed by atoms with E-state index in [0.29, 0.717) is 12.1 Å². The SMILES string of the molecule is O=C(NCCC1=CCCCC1)C1CCCN(c2ncnc3c2oc2ccccc23)C1. The molecule has 6 nitrogen and oxygen atoms in total. The van der Waals surface area contributed by atoms with Gasteiger partial charge in [0.15, 0.2) is 11.4 Å². The van der Waals surface area contributed by atoms with Crippen LogP contribution in [0.15, 0.2) is 46.7 Å². The van der Waals surface area contributed by atoms with Crippen molar-refractivity contribution >= 4 is 33.8 Å². The van der Waals surface area contributed by atoms with Crippen LogP contribution in [-0.4, -0.2) is 35.5 Å². The summed E-state index contributed by atoms with van der Waals surface area (Å²) in [6.45, 7) is 2.28. The molecule has 3 heterocycles. The number of allylic oxidation sites excluding steroid dienone is 1. The fraction of sp³-hybridized carbons (Fsp3) is 0.458. The van der Waals surface area contributed by atoms with Gasteiger partial charge in [0, 0.05) is 25.0 Å². The van der Waals surface area contributed by atoms with Crippen molar-refractivity contribution in [2.75, 3.05) is 24.5 Å². The number of aromatic nitrogens is 2. The van der Waals surface area contributed by atoms with E-state index in [1.54, 1.807) is 6.33 Å². The van der Waals surface area contributed by atoms with E-state index in [2.05, 4.69) is 26.3 Å². The fourth-order valence-electron chi connectivity index (χ4n) is 4.74. The van der Waals surface area contributed by atoms with E-state index in [0.717, 1.165) is 54.7 Å². The normalized spacial score (nSPS) is 19.8. The average Bonchev–Trinajstić information content (AvgIpc) is 3.19. The number of fused-ring (bicyclic) bond motifs is 3. The second kappa shape index (κ2) is 8.46. The molecule has 1 saturated heterocycles. The van der Waals surface area contributed by atoms with Gasteiger partial charge in [-0.2, -0.15) is 0 Å². The summed E-state index contributed by atoms with van der Waals surface area (Å²) in [7, 11) is 0. The summed E-state index contributed by atoms with van der Waals surface area (Å²) in [5.74, 6) is 0.931. The van der Waals surface area contributed by atoms with E-state index in [-0.39, 0.29) is 11.8 Å². The molecule has 0 bridgehead atoms. The highest BCUT2D eigenvalue weighted by Gasteiger charge is 2.28. The minimum absolute atomic E-state index is 0.0199. The number of hydrogen-bond donors (Lipinski definition) is 1. The molecule has 5 rings (SSSR count). The van der Waals surface area contributed by atoms with Crippen LogP contribution in [0.5, 0.6) is 0 Å². The third kappa shape index (κ3) is 3.78. The van der Waals surface area contributed by atoms with Crippen molar-refractivity contribution in [1.29, 1.82) is 0 Å². The van der Waals surface area contributed by atoms with Crippen LogP contribution in [0, 0.1) is 5.92 Å². The summed E-state index contributed by atoms with van der Waals surface area (Å²) < 4.78 is 6.09. The maximum atomic E-state index is 12.8. The van der Waals surface area contributed by atoms with E-state index < -0.39 is 0 Å². The van der Waals surface area contributed by atoms with Crippen molar-refractivity contribution in [2.45, 2.75) is 44.9 Å². The first kappa shape index (κ1) is 19.1. The summed E-state index contributed by atoms with van der Waals surface area (Å²) in [5, 5.41) is 4.17. The van der Waals surface area contributed by atoms with Crippen molar-refractivity contribution in [3.8, 4) is 0 Å². The lowest BCUT2D eigenvalue weighted by Crippen LogP contribution is -2.43. The van der Waals surface area contributed by atoms with Gasteiger partial charge in [-0.25, -0.2) is 9.97 Å². The van der Waals surface area contributed by atoms with E-state index in [1.807, 2.05) is 24.3 Å². The lowest BCUT2D eigenvalue weighted by Gasteiger charge is -2.32. The molecule has 0 spiro atoms. The first-order valence-corrected chi connectivity index (χ1v) is 11.1. The third-order valence-corrected chi connectivity index (χ3v) is 6.36. The Bertz CT molecular complexity index is 1090. The first-order chi connectivity index (χ1) is 14.8. The highest BCUT2D eigenvalue weighted by atomic mass is 16.3. The van der Waals surface area contributed by atoms with Gasteiger partial charge in [0.05, 0.1) is 5.92 Å². The number of anilines is 1. The highest BCUT2D eigenvalue weighted by Crippen LogP contribution is 2.33. The number of para-hydroxylation sites is 1. The van der Waals surface area contributed by atoms with Crippen molar-refractivity contribution in [3.05, 3.63) is 42.2 Å². The van der Waals surface area contributed by atoms with Crippen LogP contribution in [-0.2, 0) is 4.79 Å². The fourth-order valence-corrected chi connectivity index (χ4v) is 4.74. The molecular formula is C24H28N4O2. The Balaban J connectivity index is 1.28. The van der Waals surface area contributed by atoms with Crippen LogP contribution in [0.4, 0.5) is 5.82 Å². The van der Waals surface area contributed by atoms with Gasteiger partial charge in [-0.05, 0) is 57.1 Å². The molecule has 1 N–H and O–H groups in total. The molecule has 30 heavy (non-hydrogen) atoms. The Morgan fingerprint density at radius 1 is 1.20 bits per heavy atom. The van der Waals surface area contributed by atoms with Gasteiger partial charge in [0.2, 0.25) is 5.91 Å². The van der Waals surface area contributed by atoms with E-state index >= 15 is 0 Å². The smallest absolute Gasteiger partial charge is 0.224 e. The third-order valence-electron chi connectivity index (χ3n) is 6.36. The molecule has 2 aromatic heterocycles. The maximum Gasteiger partial charge on any atom is 0.224 e. The molecular weight excluding hydrogens is 376 g/mol. The number of carbonyl (C=O) groups is 1. The number of hydrogen-bond acceptors (Lipinski definition) is 5. The molecule has 1 fully saturated rings. The van der Waals surface area contributed by atoms with Crippen molar-refractivity contribution in [2.24, 2.45) is 5.92 Å². The molecule has 1 aliphatic heterocycles. The van der Waals surface area contributed by atoms with Gasteiger partial charge in [-0.1, -0.05) is 23.8 Å². The van der Waals surface area contributed by atoms with Gasteiger partial charge >= 0.3 is 0 Å². The second-order valence-corrected chi connectivity index (χ2v) is 8.41. The monoisotopic (exact) mass is 404 g/mol. The Morgan fingerprint density at radius 2 is 2.13 bits per heavy atom. The molecule has 1 atom stereocenters. The molecule has 3 aromatic rings. The van der Waals surface area contributed by atoms with Crippen LogP contribution in [0.25, 0.3) is 22.1 Å².